The summed E-state index contributed by atoms with van der Waals surface area (Å²) in [6, 6.07) is 0. The molecule has 2 atom stereocenters. The molecule has 0 rings (SSSR count). The standard InChI is InChI=1S/C73H123NO8/c1-6-8-10-12-14-16-18-20-22-24-26-28-29-30-31-32-33-34-35-36-37-38-39-40-41-42-43-44-46-48-50-52-54-56-58-60-62-64-71(76)82-69(68-81-73(72(77)78)79-66-65-74(3,4)5)67-80-70(75)63-61-59-57-55-53-51-49-47-45-27-25-23-21-19-17-15-13-11-9-7-2/h8,10,14,16,20,22,26,28,30-31,33-34,36-37,39-40,42-43,46,48,69,73H,6-7,9,11-13,15,17-19,21,23-25,27,29,32,35,38,41,44-45,47,49-68H2,1-5H3/b10-8-,16-14-,22-20-,28-26-,31-30-,34-33-,37-36-,40-39-,43-42-,48-46-. The van der Waals surface area contributed by atoms with Gasteiger partial charge in [-0.1, -0.05) is 283 Å². The van der Waals surface area contributed by atoms with Crippen LogP contribution in [-0.2, 0) is 33.3 Å². The predicted molar refractivity (Wildman–Crippen MR) is 347 cm³/mol. The van der Waals surface area contributed by atoms with Crippen molar-refractivity contribution in [3.05, 3.63) is 122 Å². The number of hydrogen-bond acceptors (Lipinski definition) is 8. The topological polar surface area (TPSA) is 111 Å². The second-order valence-electron chi connectivity index (χ2n) is 23.0. The second kappa shape index (κ2) is 62.7. The van der Waals surface area contributed by atoms with Crippen molar-refractivity contribution in [3.63, 3.8) is 0 Å². The molecule has 468 valence electrons. The number of likely N-dealkylation sites (N-methyl/N-ethyl adjacent to an activating group) is 1. The van der Waals surface area contributed by atoms with E-state index in [1.165, 1.54) is 109 Å². The number of carbonyl (C=O) groups is 3. The molecular weight excluding hydrogens is 1020 g/mol. The highest BCUT2D eigenvalue weighted by molar-refractivity contribution is 5.70. The lowest BCUT2D eigenvalue weighted by Crippen LogP contribution is -2.44. The minimum absolute atomic E-state index is 0.140. The Morgan fingerprint density at radius 3 is 1.04 bits per heavy atom. The van der Waals surface area contributed by atoms with Crippen LogP contribution >= 0.6 is 0 Å². The van der Waals surface area contributed by atoms with E-state index in [9.17, 15) is 19.5 Å². The lowest BCUT2D eigenvalue weighted by molar-refractivity contribution is -0.870. The van der Waals surface area contributed by atoms with Crippen molar-refractivity contribution in [1.82, 2.24) is 0 Å². The van der Waals surface area contributed by atoms with Crippen LogP contribution in [0, 0.1) is 0 Å². The quantitative estimate of drug-likeness (QED) is 0.0195. The summed E-state index contributed by atoms with van der Waals surface area (Å²) < 4.78 is 22.7. The van der Waals surface area contributed by atoms with Gasteiger partial charge in [-0.25, -0.2) is 0 Å². The highest BCUT2D eigenvalue weighted by atomic mass is 16.7. The van der Waals surface area contributed by atoms with Gasteiger partial charge in [0.15, 0.2) is 12.4 Å². The number of ether oxygens (including phenoxy) is 4. The van der Waals surface area contributed by atoms with Gasteiger partial charge in [-0.05, 0) is 89.9 Å². The molecule has 0 saturated heterocycles. The highest BCUT2D eigenvalue weighted by Crippen LogP contribution is 2.16. The smallest absolute Gasteiger partial charge is 0.306 e. The second-order valence-corrected chi connectivity index (χ2v) is 23.0. The maximum absolute atomic E-state index is 12.9. The summed E-state index contributed by atoms with van der Waals surface area (Å²) in [6.07, 6.45) is 85.5. The van der Waals surface area contributed by atoms with Gasteiger partial charge < -0.3 is 33.3 Å². The van der Waals surface area contributed by atoms with Gasteiger partial charge in [0.2, 0.25) is 0 Å². The zero-order valence-electron chi connectivity index (χ0n) is 53.3. The van der Waals surface area contributed by atoms with E-state index in [4.69, 9.17) is 18.9 Å². The Morgan fingerprint density at radius 1 is 0.378 bits per heavy atom. The number of esters is 2. The SMILES string of the molecule is CC/C=C\C/C=C\C/C=C\C/C=C\C/C=C\C/C=C\C/C=C\C/C=C\C/C=C\C/C=C\CCCCCCCCC(=O)OC(COC(=O)CCCCCCCCCCCCCCCCCCCCCC)COC(OCC[N+](C)(C)C)C(=O)[O-]. The molecule has 0 aromatic carbocycles. The minimum atomic E-state index is -1.63. The zero-order valence-corrected chi connectivity index (χ0v) is 53.3. The number of carboxylic acid groups (broad SMARTS) is 1. The summed E-state index contributed by atoms with van der Waals surface area (Å²) in [5.74, 6) is -2.30. The van der Waals surface area contributed by atoms with Crippen LogP contribution in [0.15, 0.2) is 122 Å². The van der Waals surface area contributed by atoms with Gasteiger partial charge >= 0.3 is 11.9 Å². The molecule has 0 saturated carbocycles. The lowest BCUT2D eigenvalue weighted by atomic mass is 10.0. The van der Waals surface area contributed by atoms with E-state index in [0.29, 0.717) is 17.4 Å². The van der Waals surface area contributed by atoms with Gasteiger partial charge in [0, 0.05) is 12.8 Å². The van der Waals surface area contributed by atoms with E-state index in [0.717, 1.165) is 122 Å². The Bertz CT molecular complexity index is 1760. The predicted octanol–water partition coefficient (Wildman–Crippen LogP) is 19.1. The number of nitrogens with zero attached hydrogens (tertiary/aromatic N) is 1. The summed E-state index contributed by atoms with van der Waals surface area (Å²) in [7, 11) is 5.92. The van der Waals surface area contributed by atoms with Crippen LogP contribution in [-0.4, -0.2) is 82.3 Å². The summed E-state index contributed by atoms with van der Waals surface area (Å²) in [5, 5.41) is 11.8. The number of carbonyl (C=O) groups excluding carboxylic acids is 3. The maximum Gasteiger partial charge on any atom is 0.306 e. The molecule has 0 fully saturated rings. The Labute approximate surface area is 504 Å². The fourth-order valence-corrected chi connectivity index (χ4v) is 8.92. The largest absolute Gasteiger partial charge is 0.545 e. The molecule has 0 aliphatic heterocycles. The molecule has 9 nitrogen and oxygen atoms in total. The van der Waals surface area contributed by atoms with E-state index >= 15 is 0 Å². The molecule has 0 aliphatic rings. The van der Waals surface area contributed by atoms with E-state index in [-0.39, 0.29) is 38.6 Å². The Kier molecular flexibility index (Phi) is 59.4. The molecule has 9 heteroatoms. The van der Waals surface area contributed by atoms with Crippen LogP contribution in [0.5, 0.6) is 0 Å². The van der Waals surface area contributed by atoms with E-state index < -0.39 is 24.3 Å². The van der Waals surface area contributed by atoms with Crippen LogP contribution in [0.3, 0.4) is 0 Å². The average Bonchev–Trinajstić information content (AvgIpc) is 3.47. The third-order valence-electron chi connectivity index (χ3n) is 14.0. The van der Waals surface area contributed by atoms with E-state index in [1.54, 1.807) is 0 Å². The molecule has 2 unspecified atom stereocenters. The molecule has 0 aliphatic carbocycles. The van der Waals surface area contributed by atoms with Crippen molar-refractivity contribution in [2.45, 2.75) is 277 Å². The Morgan fingerprint density at radius 2 is 0.695 bits per heavy atom. The monoisotopic (exact) mass is 1140 g/mol. The highest BCUT2D eigenvalue weighted by Gasteiger charge is 2.22. The maximum atomic E-state index is 12.9. The van der Waals surface area contributed by atoms with Gasteiger partial charge in [-0.15, -0.1) is 0 Å². The van der Waals surface area contributed by atoms with Crippen LogP contribution in [0.4, 0.5) is 0 Å². The molecule has 82 heavy (non-hydrogen) atoms. The molecule has 0 N–H and O–H groups in total. The number of quaternary nitrogens is 1. The molecule has 0 spiro atoms. The first-order valence-corrected chi connectivity index (χ1v) is 33.2. The van der Waals surface area contributed by atoms with Crippen LogP contribution in [0.2, 0.25) is 0 Å². The summed E-state index contributed by atoms with van der Waals surface area (Å²) in [6.45, 7) is 4.63. The summed E-state index contributed by atoms with van der Waals surface area (Å²) in [5.41, 5.74) is 0. The number of aliphatic carboxylic acids is 1. The molecule has 0 heterocycles. The first-order valence-electron chi connectivity index (χ1n) is 33.2. The van der Waals surface area contributed by atoms with Crippen molar-refractivity contribution >= 4 is 17.9 Å². The third kappa shape index (κ3) is 63.3. The molecule has 0 radical (unpaired) electrons. The summed E-state index contributed by atoms with van der Waals surface area (Å²) >= 11 is 0. The van der Waals surface area contributed by atoms with Crippen molar-refractivity contribution < 1.29 is 42.9 Å². The van der Waals surface area contributed by atoms with Gasteiger partial charge in [0.05, 0.1) is 40.3 Å². The van der Waals surface area contributed by atoms with E-state index in [1.807, 2.05) is 21.1 Å². The van der Waals surface area contributed by atoms with E-state index in [2.05, 4.69) is 135 Å². The van der Waals surface area contributed by atoms with Gasteiger partial charge in [-0.2, -0.15) is 0 Å². The number of rotatable bonds is 60. The van der Waals surface area contributed by atoms with Crippen LogP contribution in [0.1, 0.15) is 264 Å². The molecule has 0 aromatic heterocycles. The Balaban J connectivity index is 4.22. The first-order chi connectivity index (χ1) is 40.1. The Hall–Kier alpha value is -4.31. The number of unbranched alkanes of at least 4 members (excludes halogenated alkanes) is 25. The average molecular weight is 1140 g/mol. The number of carboxylic acids is 1. The molecule has 0 bridgehead atoms. The number of allylic oxidation sites excluding steroid dienone is 20. The van der Waals surface area contributed by atoms with Gasteiger partial charge in [-0.3, -0.25) is 9.59 Å². The normalized spacial score (nSPS) is 13.5. The van der Waals surface area contributed by atoms with Gasteiger partial charge in [0.25, 0.3) is 0 Å². The zero-order chi connectivity index (χ0) is 59.8. The number of hydrogen-bond donors (Lipinski definition) is 0. The lowest BCUT2D eigenvalue weighted by Gasteiger charge is -2.26. The first kappa shape index (κ1) is 77.7. The van der Waals surface area contributed by atoms with Crippen molar-refractivity contribution in [3.8, 4) is 0 Å². The molecular formula is C73H123NO8. The van der Waals surface area contributed by atoms with Crippen molar-refractivity contribution in [1.29, 1.82) is 0 Å². The molecule has 0 aromatic rings. The molecule has 0 amide bonds. The van der Waals surface area contributed by atoms with Crippen LogP contribution in [0.25, 0.3) is 0 Å². The van der Waals surface area contributed by atoms with Gasteiger partial charge in [0.1, 0.15) is 13.2 Å². The van der Waals surface area contributed by atoms with Crippen LogP contribution < -0.4 is 5.11 Å². The fourth-order valence-electron chi connectivity index (χ4n) is 8.92. The van der Waals surface area contributed by atoms with Crippen molar-refractivity contribution in [2.75, 3.05) is 47.5 Å². The minimum Gasteiger partial charge on any atom is -0.545 e. The summed E-state index contributed by atoms with van der Waals surface area (Å²) in [4.78, 5) is 37.4. The fraction of sp³-hybridized carbons (Fsp3) is 0.685. The van der Waals surface area contributed by atoms with Crippen molar-refractivity contribution in [2.24, 2.45) is 0 Å². The third-order valence-corrected chi connectivity index (χ3v) is 14.0.